The number of carbonyl (C=O) groups is 2. The average Bonchev–Trinajstić information content (AvgIpc) is 2.93. The highest BCUT2D eigenvalue weighted by Gasteiger charge is 2.28. The number of nitrogens with zero attached hydrogens (tertiary/aromatic N) is 4. The first-order valence-corrected chi connectivity index (χ1v) is 7.60. The lowest BCUT2D eigenvalue weighted by atomic mass is 9.93. The van der Waals surface area contributed by atoms with E-state index in [0.29, 0.717) is 30.7 Å². The molecule has 7 nitrogen and oxygen atoms in total. The molecule has 0 bridgehead atoms. The fraction of sp³-hybridized carbons (Fsp3) is 0.600. The van der Waals surface area contributed by atoms with E-state index in [9.17, 15) is 9.59 Å². The number of rotatable bonds is 2. The zero-order valence-electron chi connectivity index (χ0n) is 12.9. The predicted molar refractivity (Wildman–Crippen MR) is 79.7 cm³/mol. The van der Waals surface area contributed by atoms with E-state index in [-0.39, 0.29) is 12.0 Å². The smallest absolute Gasteiger partial charge is 0.415 e. The molecule has 2 saturated heterocycles. The van der Waals surface area contributed by atoms with Crippen LogP contribution in [0.3, 0.4) is 0 Å². The molecule has 2 aliphatic rings. The molecule has 118 valence electrons. The first-order chi connectivity index (χ1) is 10.5. The number of hydrogen-bond acceptors (Lipinski definition) is 5. The normalized spacial score (nSPS) is 19.5. The van der Waals surface area contributed by atoms with Crippen LogP contribution < -0.4 is 4.90 Å². The standard InChI is InChI=1S/C15H20N4O3/c1-10-16-13(12-3-5-18(6-4-12)11(2)20)9-14(17-10)19-7-8-22-15(19)21/h9,12H,3-8H2,1-2H3. The third kappa shape index (κ3) is 2.88. The molecule has 7 heteroatoms. The second kappa shape index (κ2) is 5.90. The van der Waals surface area contributed by atoms with E-state index in [1.807, 2.05) is 17.9 Å². The van der Waals surface area contributed by atoms with Crippen molar-refractivity contribution in [2.75, 3.05) is 31.1 Å². The minimum Gasteiger partial charge on any atom is -0.447 e. The Hall–Kier alpha value is -2.18. The first-order valence-electron chi connectivity index (χ1n) is 7.60. The van der Waals surface area contributed by atoms with Crippen LogP contribution in [0.15, 0.2) is 6.07 Å². The lowest BCUT2D eigenvalue weighted by molar-refractivity contribution is -0.129. The molecule has 0 saturated carbocycles. The number of anilines is 1. The van der Waals surface area contributed by atoms with Crippen LogP contribution in [0.4, 0.5) is 10.6 Å². The topological polar surface area (TPSA) is 75.6 Å². The third-order valence-corrected chi connectivity index (χ3v) is 4.24. The van der Waals surface area contributed by atoms with Crippen molar-refractivity contribution in [2.24, 2.45) is 0 Å². The number of carbonyl (C=O) groups excluding carboxylic acids is 2. The van der Waals surface area contributed by atoms with E-state index in [0.717, 1.165) is 31.6 Å². The summed E-state index contributed by atoms with van der Waals surface area (Å²) in [6.07, 6.45) is 1.43. The number of piperidine rings is 1. The summed E-state index contributed by atoms with van der Waals surface area (Å²) in [5, 5.41) is 0. The van der Waals surface area contributed by atoms with Crippen molar-refractivity contribution >= 4 is 17.8 Å². The third-order valence-electron chi connectivity index (χ3n) is 4.24. The van der Waals surface area contributed by atoms with Crippen LogP contribution in [-0.2, 0) is 9.53 Å². The van der Waals surface area contributed by atoms with E-state index in [2.05, 4.69) is 9.97 Å². The van der Waals surface area contributed by atoms with Gasteiger partial charge >= 0.3 is 6.09 Å². The van der Waals surface area contributed by atoms with Crippen LogP contribution in [0.1, 0.15) is 37.2 Å². The molecule has 1 aromatic rings. The number of aryl methyl sites for hydroxylation is 1. The van der Waals surface area contributed by atoms with Gasteiger partial charge in [-0.3, -0.25) is 9.69 Å². The number of amides is 2. The van der Waals surface area contributed by atoms with Gasteiger partial charge in [0.25, 0.3) is 0 Å². The predicted octanol–water partition coefficient (Wildman–Crippen LogP) is 1.47. The molecule has 1 aromatic heterocycles. The Morgan fingerprint density at radius 1 is 1.27 bits per heavy atom. The van der Waals surface area contributed by atoms with Gasteiger partial charge in [-0.1, -0.05) is 0 Å². The van der Waals surface area contributed by atoms with Gasteiger partial charge in [0.15, 0.2) is 0 Å². The summed E-state index contributed by atoms with van der Waals surface area (Å²) in [6.45, 7) is 5.87. The highest BCUT2D eigenvalue weighted by molar-refractivity contribution is 5.88. The van der Waals surface area contributed by atoms with E-state index in [1.165, 1.54) is 0 Å². The highest BCUT2D eigenvalue weighted by Crippen LogP contribution is 2.29. The van der Waals surface area contributed by atoms with Gasteiger partial charge in [-0.25, -0.2) is 14.8 Å². The Morgan fingerprint density at radius 3 is 2.59 bits per heavy atom. The van der Waals surface area contributed by atoms with Crippen molar-refractivity contribution in [3.63, 3.8) is 0 Å². The monoisotopic (exact) mass is 304 g/mol. The minimum absolute atomic E-state index is 0.123. The van der Waals surface area contributed by atoms with Crippen LogP contribution in [0.5, 0.6) is 0 Å². The van der Waals surface area contributed by atoms with Gasteiger partial charge in [0.2, 0.25) is 5.91 Å². The average molecular weight is 304 g/mol. The van der Waals surface area contributed by atoms with Gasteiger partial charge in [0.1, 0.15) is 18.2 Å². The summed E-state index contributed by atoms with van der Waals surface area (Å²) in [7, 11) is 0. The molecule has 0 radical (unpaired) electrons. The van der Waals surface area contributed by atoms with Crippen LogP contribution in [0.25, 0.3) is 0 Å². The molecule has 0 aromatic carbocycles. The van der Waals surface area contributed by atoms with Crippen molar-refractivity contribution in [3.05, 3.63) is 17.6 Å². The van der Waals surface area contributed by atoms with Gasteiger partial charge in [-0.15, -0.1) is 0 Å². The van der Waals surface area contributed by atoms with Crippen molar-refractivity contribution in [1.29, 1.82) is 0 Å². The van der Waals surface area contributed by atoms with Crippen molar-refractivity contribution in [1.82, 2.24) is 14.9 Å². The van der Waals surface area contributed by atoms with E-state index in [4.69, 9.17) is 4.74 Å². The van der Waals surface area contributed by atoms with Crippen LogP contribution in [-0.4, -0.2) is 53.1 Å². The zero-order valence-corrected chi connectivity index (χ0v) is 12.9. The van der Waals surface area contributed by atoms with Gasteiger partial charge in [-0.05, 0) is 19.8 Å². The molecule has 2 aliphatic heterocycles. The molecule has 22 heavy (non-hydrogen) atoms. The largest absolute Gasteiger partial charge is 0.447 e. The Kier molecular flexibility index (Phi) is 3.96. The first kappa shape index (κ1) is 14.7. The van der Waals surface area contributed by atoms with Crippen molar-refractivity contribution in [2.45, 2.75) is 32.6 Å². The molecule has 0 N–H and O–H groups in total. The summed E-state index contributed by atoms with van der Waals surface area (Å²) >= 11 is 0. The molecule has 0 aliphatic carbocycles. The summed E-state index contributed by atoms with van der Waals surface area (Å²) in [5.74, 6) is 1.69. The van der Waals surface area contributed by atoms with E-state index in [1.54, 1.807) is 11.8 Å². The Morgan fingerprint density at radius 2 is 2.00 bits per heavy atom. The summed E-state index contributed by atoms with van der Waals surface area (Å²) in [4.78, 5) is 35.4. The Labute approximate surface area is 129 Å². The number of hydrogen-bond donors (Lipinski definition) is 0. The number of likely N-dealkylation sites (tertiary alicyclic amines) is 1. The minimum atomic E-state index is -0.351. The number of aromatic nitrogens is 2. The van der Waals surface area contributed by atoms with Crippen LogP contribution >= 0.6 is 0 Å². The Balaban J connectivity index is 1.78. The van der Waals surface area contributed by atoms with E-state index >= 15 is 0 Å². The molecule has 0 atom stereocenters. The van der Waals surface area contributed by atoms with Crippen LogP contribution in [0, 0.1) is 6.92 Å². The lowest BCUT2D eigenvalue weighted by Gasteiger charge is -2.31. The fourth-order valence-corrected chi connectivity index (χ4v) is 3.01. The fourth-order valence-electron chi connectivity index (χ4n) is 3.01. The molecule has 3 rings (SSSR count). The molecular formula is C15H20N4O3. The molecule has 0 spiro atoms. The van der Waals surface area contributed by atoms with Crippen LogP contribution in [0.2, 0.25) is 0 Å². The summed E-state index contributed by atoms with van der Waals surface area (Å²) in [5.41, 5.74) is 0.949. The number of cyclic esters (lactones) is 1. The molecule has 3 heterocycles. The summed E-state index contributed by atoms with van der Waals surface area (Å²) in [6, 6.07) is 1.88. The highest BCUT2D eigenvalue weighted by atomic mass is 16.6. The SMILES string of the molecule is CC(=O)N1CCC(c2cc(N3CCOC3=O)nc(C)n2)CC1. The Bertz CT molecular complexity index is 596. The summed E-state index contributed by atoms with van der Waals surface area (Å²) < 4.78 is 4.97. The van der Waals surface area contributed by atoms with Crippen molar-refractivity contribution in [3.8, 4) is 0 Å². The second-order valence-electron chi connectivity index (χ2n) is 5.74. The lowest BCUT2D eigenvalue weighted by Crippen LogP contribution is -2.36. The molecule has 2 amide bonds. The molecule has 0 unspecified atom stereocenters. The number of ether oxygens (including phenoxy) is 1. The molecular weight excluding hydrogens is 284 g/mol. The zero-order chi connectivity index (χ0) is 15.7. The van der Waals surface area contributed by atoms with Gasteiger partial charge < -0.3 is 9.64 Å². The van der Waals surface area contributed by atoms with Gasteiger partial charge in [0.05, 0.1) is 6.54 Å². The van der Waals surface area contributed by atoms with E-state index < -0.39 is 0 Å². The second-order valence-corrected chi connectivity index (χ2v) is 5.74. The maximum absolute atomic E-state index is 11.7. The quantitative estimate of drug-likeness (QED) is 0.827. The van der Waals surface area contributed by atoms with Gasteiger partial charge in [0, 0.05) is 37.7 Å². The maximum atomic E-state index is 11.7. The van der Waals surface area contributed by atoms with Gasteiger partial charge in [-0.2, -0.15) is 0 Å². The van der Waals surface area contributed by atoms with Crippen molar-refractivity contribution < 1.29 is 14.3 Å². The molecule has 2 fully saturated rings. The maximum Gasteiger partial charge on any atom is 0.415 e.